The predicted molar refractivity (Wildman–Crippen MR) is 105 cm³/mol. The predicted octanol–water partition coefficient (Wildman–Crippen LogP) is 5.35. The third-order valence-corrected chi connectivity index (χ3v) is 4.03. The molecule has 1 atom stereocenters. The third kappa shape index (κ3) is 6.25. The molecule has 1 unspecified atom stereocenters. The summed E-state index contributed by atoms with van der Waals surface area (Å²) in [6.07, 6.45) is 5.60. The van der Waals surface area contributed by atoms with Gasteiger partial charge in [0.05, 0.1) is 31.4 Å². The quantitative estimate of drug-likeness (QED) is 0.429. The standard InChI is InChI=1S/C22H26N2O2/c1-3-4-8-13-26-21-11-12-22(25-2)19(15-21)14-18(16-23)17-24-20-9-6-5-7-10-20/h5-7,9-12,15,17-18H,3-4,8,13-14H2,1-2H3. The van der Waals surface area contributed by atoms with Crippen molar-refractivity contribution in [2.24, 2.45) is 10.9 Å². The molecule has 0 aliphatic carbocycles. The van der Waals surface area contributed by atoms with Crippen molar-refractivity contribution in [3.05, 3.63) is 54.1 Å². The average Bonchev–Trinajstić information content (AvgIpc) is 2.69. The largest absolute Gasteiger partial charge is 0.496 e. The summed E-state index contributed by atoms with van der Waals surface area (Å²) in [6.45, 7) is 2.88. The minimum absolute atomic E-state index is 0.334. The van der Waals surface area contributed by atoms with Gasteiger partial charge in [0.15, 0.2) is 0 Å². The van der Waals surface area contributed by atoms with Gasteiger partial charge in [0, 0.05) is 6.21 Å². The van der Waals surface area contributed by atoms with E-state index >= 15 is 0 Å². The minimum atomic E-state index is -0.334. The monoisotopic (exact) mass is 350 g/mol. The van der Waals surface area contributed by atoms with Crippen LogP contribution in [0.4, 0.5) is 5.69 Å². The molecule has 4 heteroatoms. The first-order chi connectivity index (χ1) is 12.8. The highest BCUT2D eigenvalue weighted by Crippen LogP contribution is 2.26. The molecule has 0 bridgehead atoms. The first-order valence-electron chi connectivity index (χ1n) is 9.05. The number of rotatable bonds is 10. The summed E-state index contributed by atoms with van der Waals surface area (Å²) in [5.74, 6) is 1.24. The summed E-state index contributed by atoms with van der Waals surface area (Å²) in [5.41, 5.74) is 1.79. The fraction of sp³-hybridized carbons (Fsp3) is 0.364. The van der Waals surface area contributed by atoms with Gasteiger partial charge >= 0.3 is 0 Å². The van der Waals surface area contributed by atoms with E-state index in [4.69, 9.17) is 9.47 Å². The molecule has 2 aromatic rings. The fourth-order valence-corrected chi connectivity index (χ4v) is 2.61. The van der Waals surface area contributed by atoms with Crippen LogP contribution in [0, 0.1) is 17.2 Å². The third-order valence-electron chi connectivity index (χ3n) is 4.03. The minimum Gasteiger partial charge on any atom is -0.496 e. The van der Waals surface area contributed by atoms with Gasteiger partial charge < -0.3 is 9.47 Å². The number of ether oxygens (including phenoxy) is 2. The zero-order chi connectivity index (χ0) is 18.6. The van der Waals surface area contributed by atoms with Crippen molar-refractivity contribution in [3.8, 4) is 17.6 Å². The van der Waals surface area contributed by atoms with Gasteiger partial charge in [-0.15, -0.1) is 0 Å². The Hall–Kier alpha value is -2.80. The average molecular weight is 350 g/mol. The maximum absolute atomic E-state index is 9.49. The van der Waals surface area contributed by atoms with Crippen LogP contribution in [-0.2, 0) is 6.42 Å². The lowest BCUT2D eigenvalue weighted by atomic mass is 10.0. The highest BCUT2D eigenvalue weighted by atomic mass is 16.5. The zero-order valence-electron chi connectivity index (χ0n) is 15.5. The van der Waals surface area contributed by atoms with Gasteiger partial charge in [0.1, 0.15) is 11.5 Å². The number of nitriles is 1. The number of aliphatic imine (C=N–C) groups is 1. The topological polar surface area (TPSA) is 54.6 Å². The lowest BCUT2D eigenvalue weighted by molar-refractivity contribution is 0.305. The van der Waals surface area contributed by atoms with Crippen molar-refractivity contribution >= 4 is 11.9 Å². The summed E-state index contributed by atoms with van der Waals surface area (Å²) in [5, 5.41) is 9.49. The molecule has 0 fully saturated rings. The molecule has 0 aliphatic rings. The highest BCUT2D eigenvalue weighted by Gasteiger charge is 2.12. The van der Waals surface area contributed by atoms with E-state index in [-0.39, 0.29) is 5.92 Å². The second-order valence-electron chi connectivity index (χ2n) is 6.08. The van der Waals surface area contributed by atoms with Crippen molar-refractivity contribution in [1.82, 2.24) is 0 Å². The van der Waals surface area contributed by atoms with Crippen LogP contribution in [0.3, 0.4) is 0 Å². The van der Waals surface area contributed by atoms with Gasteiger partial charge in [-0.3, -0.25) is 4.99 Å². The number of hydrogen-bond donors (Lipinski definition) is 0. The van der Waals surface area contributed by atoms with E-state index in [1.165, 1.54) is 6.42 Å². The normalized spacial score (nSPS) is 11.9. The fourth-order valence-electron chi connectivity index (χ4n) is 2.61. The Kier molecular flexibility index (Phi) is 8.21. The Bertz CT molecular complexity index is 736. The van der Waals surface area contributed by atoms with Crippen LogP contribution in [0.25, 0.3) is 0 Å². The Morgan fingerprint density at radius 1 is 1.15 bits per heavy atom. The SMILES string of the molecule is CCCCCOc1ccc(OC)c(CC(C#N)C=Nc2ccccc2)c1. The molecule has 0 aliphatic heterocycles. The van der Waals surface area contributed by atoms with Gasteiger partial charge in [-0.2, -0.15) is 5.26 Å². The maximum atomic E-state index is 9.49. The molecule has 0 spiro atoms. The first kappa shape index (κ1) is 19.5. The lowest BCUT2D eigenvalue weighted by Gasteiger charge is -2.13. The van der Waals surface area contributed by atoms with Crippen molar-refractivity contribution in [2.45, 2.75) is 32.6 Å². The second-order valence-corrected chi connectivity index (χ2v) is 6.08. The summed E-state index contributed by atoms with van der Waals surface area (Å²) in [4.78, 5) is 4.40. The van der Waals surface area contributed by atoms with Crippen LogP contribution < -0.4 is 9.47 Å². The Morgan fingerprint density at radius 3 is 2.65 bits per heavy atom. The molecule has 0 radical (unpaired) electrons. The van der Waals surface area contributed by atoms with E-state index in [0.29, 0.717) is 13.0 Å². The van der Waals surface area contributed by atoms with Crippen molar-refractivity contribution in [3.63, 3.8) is 0 Å². The zero-order valence-corrected chi connectivity index (χ0v) is 15.5. The summed E-state index contributed by atoms with van der Waals surface area (Å²) < 4.78 is 11.3. The maximum Gasteiger partial charge on any atom is 0.122 e. The molecule has 136 valence electrons. The first-order valence-corrected chi connectivity index (χ1v) is 9.05. The van der Waals surface area contributed by atoms with E-state index in [9.17, 15) is 5.26 Å². The van der Waals surface area contributed by atoms with E-state index in [1.54, 1.807) is 13.3 Å². The summed E-state index contributed by atoms with van der Waals surface area (Å²) >= 11 is 0. The molecule has 2 aromatic carbocycles. The number of unbranched alkanes of at least 4 members (excludes halogenated alkanes) is 2. The molecule has 0 aromatic heterocycles. The number of benzene rings is 2. The van der Waals surface area contributed by atoms with Gasteiger partial charge in [0.25, 0.3) is 0 Å². The van der Waals surface area contributed by atoms with Crippen LogP contribution in [0.15, 0.2) is 53.5 Å². The molecule has 0 saturated carbocycles. The lowest BCUT2D eigenvalue weighted by Crippen LogP contribution is -2.06. The number of hydrogen-bond acceptors (Lipinski definition) is 4. The number of nitrogens with zero attached hydrogens (tertiary/aromatic N) is 2. The van der Waals surface area contributed by atoms with Gasteiger partial charge in [0.2, 0.25) is 0 Å². The Labute approximate surface area is 156 Å². The highest BCUT2D eigenvalue weighted by molar-refractivity contribution is 5.69. The van der Waals surface area contributed by atoms with Crippen molar-refractivity contribution in [2.75, 3.05) is 13.7 Å². The van der Waals surface area contributed by atoms with Gasteiger partial charge in [-0.1, -0.05) is 38.0 Å². The van der Waals surface area contributed by atoms with E-state index in [2.05, 4.69) is 18.0 Å². The molecule has 4 nitrogen and oxygen atoms in total. The van der Waals surface area contributed by atoms with Gasteiger partial charge in [-0.25, -0.2) is 0 Å². The molecule has 0 heterocycles. The Morgan fingerprint density at radius 2 is 1.96 bits per heavy atom. The van der Waals surface area contributed by atoms with Crippen LogP contribution in [0.2, 0.25) is 0 Å². The molecule has 0 N–H and O–H groups in total. The molecule has 0 amide bonds. The molecule has 0 saturated heterocycles. The molecule has 26 heavy (non-hydrogen) atoms. The summed E-state index contributed by atoms with van der Waals surface area (Å²) in [6, 6.07) is 17.7. The van der Waals surface area contributed by atoms with E-state index in [0.717, 1.165) is 35.6 Å². The number of methoxy groups -OCH3 is 1. The van der Waals surface area contributed by atoms with Crippen molar-refractivity contribution in [1.29, 1.82) is 5.26 Å². The van der Waals surface area contributed by atoms with E-state index < -0.39 is 0 Å². The molecular weight excluding hydrogens is 324 g/mol. The smallest absolute Gasteiger partial charge is 0.122 e. The van der Waals surface area contributed by atoms with Gasteiger partial charge in [-0.05, 0) is 48.7 Å². The number of para-hydroxylation sites is 1. The van der Waals surface area contributed by atoms with Crippen LogP contribution >= 0.6 is 0 Å². The van der Waals surface area contributed by atoms with Crippen LogP contribution in [0.1, 0.15) is 31.7 Å². The van der Waals surface area contributed by atoms with Crippen LogP contribution in [-0.4, -0.2) is 19.9 Å². The Balaban J connectivity index is 2.07. The second kappa shape index (κ2) is 10.9. The van der Waals surface area contributed by atoms with Crippen LogP contribution in [0.5, 0.6) is 11.5 Å². The van der Waals surface area contributed by atoms with Crippen molar-refractivity contribution < 1.29 is 9.47 Å². The molecular formula is C22H26N2O2. The summed E-state index contributed by atoms with van der Waals surface area (Å²) in [7, 11) is 1.64. The van der Waals surface area contributed by atoms with E-state index in [1.807, 2.05) is 48.5 Å². The molecule has 2 rings (SSSR count).